The van der Waals surface area contributed by atoms with Crippen molar-refractivity contribution in [2.75, 3.05) is 7.11 Å². The van der Waals surface area contributed by atoms with E-state index in [2.05, 4.69) is 6.58 Å². The number of carbonyl (C=O) groups excluding carboxylic acids is 2. The maximum absolute atomic E-state index is 11.4. The van der Waals surface area contributed by atoms with E-state index in [0.717, 1.165) is 0 Å². The Balaban J connectivity index is 3.12. The van der Waals surface area contributed by atoms with Crippen molar-refractivity contribution in [1.82, 2.24) is 0 Å². The number of benzene rings is 1. The number of Topliss-reactive ketones (excluding diaryl/α,β-unsaturated/α-hetero) is 1. The zero-order valence-electron chi connectivity index (χ0n) is 10.7. The highest BCUT2D eigenvalue weighted by atomic mass is 16.5. The minimum absolute atomic E-state index is 0.218. The average Bonchev–Trinajstić information content (AvgIpc) is 2.34. The molecule has 0 amide bonds. The Morgan fingerprint density at radius 3 is 2.44 bits per heavy atom. The smallest absolute Gasteiger partial charge is 0.303 e. The lowest BCUT2D eigenvalue weighted by Gasteiger charge is -2.18. The molecule has 1 aromatic rings. The van der Waals surface area contributed by atoms with Gasteiger partial charge in [-0.3, -0.25) is 9.59 Å². The Morgan fingerprint density at radius 1 is 1.28 bits per heavy atom. The molecule has 0 aliphatic rings. The molecule has 0 bridgehead atoms. The van der Waals surface area contributed by atoms with Crippen LogP contribution in [0.5, 0.6) is 5.75 Å². The van der Waals surface area contributed by atoms with E-state index >= 15 is 0 Å². The first kappa shape index (κ1) is 14.0. The molecule has 0 heterocycles. The van der Waals surface area contributed by atoms with E-state index in [4.69, 9.17) is 9.47 Å². The second-order valence-electron chi connectivity index (χ2n) is 3.85. The van der Waals surface area contributed by atoms with Crippen LogP contribution >= 0.6 is 0 Å². The predicted octanol–water partition coefficient (Wildman–Crippen LogP) is 2.44. The van der Waals surface area contributed by atoms with Crippen molar-refractivity contribution in [3.8, 4) is 5.75 Å². The van der Waals surface area contributed by atoms with Crippen LogP contribution in [0.15, 0.2) is 36.4 Å². The second kappa shape index (κ2) is 6.00. The van der Waals surface area contributed by atoms with Gasteiger partial charge in [0.05, 0.1) is 7.11 Å². The SMILES string of the molecule is C=C(C(C)=O)C(OC(C)=O)c1cccc(OC)c1. The van der Waals surface area contributed by atoms with Crippen molar-refractivity contribution in [1.29, 1.82) is 0 Å². The van der Waals surface area contributed by atoms with E-state index in [1.807, 2.05) is 0 Å². The van der Waals surface area contributed by atoms with Gasteiger partial charge in [-0.2, -0.15) is 0 Å². The van der Waals surface area contributed by atoms with Crippen molar-refractivity contribution >= 4 is 11.8 Å². The third-order valence-electron chi connectivity index (χ3n) is 2.45. The van der Waals surface area contributed by atoms with E-state index < -0.39 is 12.1 Å². The minimum Gasteiger partial charge on any atom is -0.497 e. The Labute approximate surface area is 106 Å². The summed E-state index contributed by atoms with van der Waals surface area (Å²) in [6, 6.07) is 6.99. The Kier molecular flexibility index (Phi) is 4.66. The third-order valence-corrected chi connectivity index (χ3v) is 2.45. The summed E-state index contributed by atoms with van der Waals surface area (Å²) in [5.41, 5.74) is 0.892. The first-order valence-corrected chi connectivity index (χ1v) is 5.46. The lowest BCUT2D eigenvalue weighted by molar-refractivity contribution is -0.145. The van der Waals surface area contributed by atoms with E-state index in [1.54, 1.807) is 31.4 Å². The molecule has 0 spiro atoms. The largest absolute Gasteiger partial charge is 0.497 e. The number of hydrogen-bond donors (Lipinski definition) is 0. The average molecular weight is 248 g/mol. The topological polar surface area (TPSA) is 52.6 Å². The lowest BCUT2D eigenvalue weighted by Crippen LogP contribution is -2.14. The van der Waals surface area contributed by atoms with Crippen LogP contribution in [0.4, 0.5) is 0 Å². The molecule has 1 rings (SSSR count). The second-order valence-corrected chi connectivity index (χ2v) is 3.85. The number of esters is 1. The Bertz CT molecular complexity index is 476. The van der Waals surface area contributed by atoms with Gasteiger partial charge < -0.3 is 9.47 Å². The van der Waals surface area contributed by atoms with E-state index in [9.17, 15) is 9.59 Å². The molecule has 0 saturated heterocycles. The molecule has 1 aromatic carbocycles. The highest BCUT2D eigenvalue weighted by molar-refractivity contribution is 5.94. The Morgan fingerprint density at radius 2 is 1.94 bits per heavy atom. The monoisotopic (exact) mass is 248 g/mol. The molecular weight excluding hydrogens is 232 g/mol. The van der Waals surface area contributed by atoms with Crippen LogP contribution < -0.4 is 4.74 Å². The predicted molar refractivity (Wildman–Crippen MR) is 67.3 cm³/mol. The zero-order valence-corrected chi connectivity index (χ0v) is 10.7. The number of hydrogen-bond acceptors (Lipinski definition) is 4. The van der Waals surface area contributed by atoms with Crippen molar-refractivity contribution in [3.05, 3.63) is 42.0 Å². The number of rotatable bonds is 5. The molecule has 1 atom stereocenters. The minimum atomic E-state index is -0.768. The van der Waals surface area contributed by atoms with E-state index in [-0.39, 0.29) is 11.4 Å². The van der Waals surface area contributed by atoms with E-state index in [1.165, 1.54) is 13.8 Å². The zero-order chi connectivity index (χ0) is 13.7. The Hall–Kier alpha value is -2.10. The van der Waals surface area contributed by atoms with Crippen LogP contribution in [0.3, 0.4) is 0 Å². The molecule has 0 aliphatic carbocycles. The van der Waals surface area contributed by atoms with Gasteiger partial charge in [0.2, 0.25) is 0 Å². The van der Waals surface area contributed by atoms with Crippen LogP contribution in [0.1, 0.15) is 25.5 Å². The van der Waals surface area contributed by atoms with Gasteiger partial charge in [-0.1, -0.05) is 18.7 Å². The highest BCUT2D eigenvalue weighted by Gasteiger charge is 2.21. The van der Waals surface area contributed by atoms with Crippen LogP contribution in [-0.2, 0) is 14.3 Å². The summed E-state index contributed by atoms with van der Waals surface area (Å²) in [4.78, 5) is 22.5. The van der Waals surface area contributed by atoms with Crippen molar-refractivity contribution in [2.24, 2.45) is 0 Å². The van der Waals surface area contributed by atoms with Crippen molar-refractivity contribution in [3.63, 3.8) is 0 Å². The molecular formula is C14H16O4. The summed E-state index contributed by atoms with van der Waals surface area (Å²) in [5, 5.41) is 0. The summed E-state index contributed by atoms with van der Waals surface area (Å²) in [6.07, 6.45) is -0.768. The van der Waals surface area contributed by atoms with Crippen LogP contribution in [0.2, 0.25) is 0 Å². The summed E-state index contributed by atoms with van der Waals surface area (Å²) < 4.78 is 10.2. The molecule has 0 N–H and O–H groups in total. The lowest BCUT2D eigenvalue weighted by atomic mass is 10.00. The fourth-order valence-electron chi connectivity index (χ4n) is 1.50. The molecule has 4 heteroatoms. The molecule has 0 radical (unpaired) electrons. The van der Waals surface area contributed by atoms with E-state index in [0.29, 0.717) is 11.3 Å². The van der Waals surface area contributed by atoms with Gasteiger partial charge in [0.15, 0.2) is 11.9 Å². The van der Waals surface area contributed by atoms with Gasteiger partial charge >= 0.3 is 5.97 Å². The maximum Gasteiger partial charge on any atom is 0.303 e. The normalized spacial score (nSPS) is 11.5. The summed E-state index contributed by atoms with van der Waals surface area (Å²) in [6.45, 7) is 6.35. The van der Waals surface area contributed by atoms with Gasteiger partial charge in [0.1, 0.15) is 5.75 Å². The highest BCUT2D eigenvalue weighted by Crippen LogP contribution is 2.28. The fourth-order valence-corrected chi connectivity index (χ4v) is 1.50. The molecule has 0 aliphatic heterocycles. The summed E-state index contributed by atoms with van der Waals surface area (Å²) in [7, 11) is 1.54. The molecule has 0 fully saturated rings. The summed E-state index contributed by atoms with van der Waals surface area (Å²) in [5.74, 6) is -0.0599. The fraction of sp³-hybridized carbons (Fsp3) is 0.286. The first-order valence-electron chi connectivity index (χ1n) is 5.46. The van der Waals surface area contributed by atoms with Crippen molar-refractivity contribution in [2.45, 2.75) is 20.0 Å². The molecule has 1 unspecified atom stereocenters. The van der Waals surface area contributed by atoms with Crippen molar-refractivity contribution < 1.29 is 19.1 Å². The first-order chi connectivity index (χ1) is 8.45. The number of ether oxygens (including phenoxy) is 2. The molecule has 0 saturated carbocycles. The number of methoxy groups -OCH3 is 1. The standard InChI is InChI=1S/C14H16O4/c1-9(10(2)15)14(18-11(3)16)12-6-5-7-13(8-12)17-4/h5-8,14H,1H2,2-4H3. The van der Waals surface area contributed by atoms with Gasteiger partial charge in [-0.05, 0) is 19.1 Å². The number of ketones is 1. The van der Waals surface area contributed by atoms with Gasteiger partial charge in [-0.25, -0.2) is 0 Å². The van der Waals surface area contributed by atoms with Gasteiger partial charge in [0, 0.05) is 18.1 Å². The third kappa shape index (κ3) is 3.45. The molecule has 96 valence electrons. The van der Waals surface area contributed by atoms with Crippen LogP contribution in [-0.4, -0.2) is 18.9 Å². The summed E-state index contributed by atoms with van der Waals surface area (Å²) >= 11 is 0. The molecule has 4 nitrogen and oxygen atoms in total. The maximum atomic E-state index is 11.4. The van der Waals surface area contributed by atoms with Crippen LogP contribution in [0.25, 0.3) is 0 Å². The van der Waals surface area contributed by atoms with Gasteiger partial charge in [-0.15, -0.1) is 0 Å². The quantitative estimate of drug-likeness (QED) is 0.593. The van der Waals surface area contributed by atoms with Crippen LogP contribution in [0, 0.1) is 0 Å². The molecule has 18 heavy (non-hydrogen) atoms. The molecule has 0 aromatic heterocycles. The van der Waals surface area contributed by atoms with Gasteiger partial charge in [0.25, 0.3) is 0 Å². The number of carbonyl (C=O) groups is 2.